The van der Waals surface area contributed by atoms with Crippen molar-refractivity contribution in [1.29, 1.82) is 0 Å². The van der Waals surface area contributed by atoms with Crippen LogP contribution in [0.15, 0.2) is 24.3 Å². The van der Waals surface area contributed by atoms with E-state index >= 15 is 0 Å². The van der Waals surface area contributed by atoms with Gasteiger partial charge in [-0.25, -0.2) is 4.79 Å². The molecule has 0 fully saturated rings. The van der Waals surface area contributed by atoms with E-state index in [1.807, 2.05) is 0 Å². The maximum absolute atomic E-state index is 10.9. The Morgan fingerprint density at radius 3 is 2.41 bits per heavy atom. The van der Waals surface area contributed by atoms with Crippen molar-refractivity contribution in [1.82, 2.24) is 0 Å². The fraction of sp³-hybridized carbons (Fsp3) is 0.200. The van der Waals surface area contributed by atoms with Crippen molar-refractivity contribution in [3.05, 3.63) is 29.3 Å². The highest BCUT2D eigenvalue weighted by atomic mass is 35.5. The van der Waals surface area contributed by atoms with Gasteiger partial charge in [0.2, 0.25) is 0 Å². The number of carboxylic acids is 2. The van der Waals surface area contributed by atoms with E-state index < -0.39 is 24.0 Å². The minimum absolute atomic E-state index is 0.390. The van der Waals surface area contributed by atoms with Crippen LogP contribution in [0.25, 0.3) is 0 Å². The summed E-state index contributed by atoms with van der Waals surface area (Å²) in [6, 6.07) is 3.29. The van der Waals surface area contributed by atoms with Crippen molar-refractivity contribution in [3.63, 3.8) is 0 Å². The molecule has 0 heterocycles. The second-order valence-corrected chi connectivity index (χ2v) is 3.77. The Balaban J connectivity index is 2.88. The van der Waals surface area contributed by atoms with Gasteiger partial charge in [-0.15, -0.1) is 0 Å². The highest BCUT2D eigenvalue weighted by molar-refractivity contribution is 6.30. The minimum atomic E-state index is -1.55. The number of anilines is 1. The third-order valence-electron chi connectivity index (χ3n) is 2.06. The van der Waals surface area contributed by atoms with E-state index in [0.29, 0.717) is 10.7 Å². The van der Waals surface area contributed by atoms with E-state index in [-0.39, 0.29) is 0 Å². The minimum Gasteiger partial charge on any atom is -0.480 e. The van der Waals surface area contributed by atoms with E-state index in [2.05, 4.69) is 5.32 Å². The van der Waals surface area contributed by atoms with E-state index in [9.17, 15) is 9.59 Å². The number of hydrogen-bond donors (Lipinski definition) is 4. The Hall–Kier alpha value is -1.79. The number of benzene rings is 1. The Morgan fingerprint density at radius 1 is 1.29 bits per heavy atom. The van der Waals surface area contributed by atoms with Crippen molar-refractivity contribution in [3.8, 4) is 0 Å². The van der Waals surface area contributed by atoms with E-state index in [1.165, 1.54) is 6.07 Å². The molecule has 0 aromatic heterocycles. The Bertz CT molecular complexity index is 438. The van der Waals surface area contributed by atoms with Crippen molar-refractivity contribution in [2.24, 2.45) is 5.73 Å². The smallest absolute Gasteiger partial charge is 0.328 e. The van der Waals surface area contributed by atoms with Crippen LogP contribution in [0.3, 0.4) is 0 Å². The Kier molecular flexibility index (Phi) is 4.30. The lowest BCUT2D eigenvalue weighted by molar-refractivity contribution is -0.145. The molecule has 0 saturated heterocycles. The highest BCUT2D eigenvalue weighted by Gasteiger charge is 2.30. The number of nitrogens with two attached hydrogens (primary N) is 1. The summed E-state index contributed by atoms with van der Waals surface area (Å²) in [5, 5.41) is 20.5. The monoisotopic (exact) mass is 258 g/mol. The molecule has 1 unspecified atom stereocenters. The SMILES string of the molecule is N[C@H](C(=O)O)C(Nc1cccc(Cl)c1)C(=O)O. The number of aliphatic carboxylic acids is 2. The number of carboxylic acid groups (broad SMARTS) is 2. The lowest BCUT2D eigenvalue weighted by atomic mass is 10.1. The van der Waals surface area contributed by atoms with Gasteiger partial charge < -0.3 is 21.3 Å². The molecule has 0 amide bonds. The van der Waals surface area contributed by atoms with Crippen LogP contribution in [0.2, 0.25) is 5.02 Å². The van der Waals surface area contributed by atoms with Crippen LogP contribution < -0.4 is 11.1 Å². The molecule has 0 aliphatic heterocycles. The summed E-state index contributed by atoms with van der Waals surface area (Å²) < 4.78 is 0. The van der Waals surface area contributed by atoms with Gasteiger partial charge in [-0.1, -0.05) is 17.7 Å². The fourth-order valence-electron chi connectivity index (χ4n) is 1.21. The molecule has 5 N–H and O–H groups in total. The first kappa shape index (κ1) is 13.3. The first-order valence-corrected chi connectivity index (χ1v) is 5.03. The molecule has 0 bridgehead atoms. The predicted octanol–water partition coefficient (Wildman–Crippen LogP) is 0.617. The molecule has 17 heavy (non-hydrogen) atoms. The number of rotatable bonds is 5. The van der Waals surface area contributed by atoms with Gasteiger partial charge in [-0.2, -0.15) is 0 Å². The number of hydrogen-bond acceptors (Lipinski definition) is 4. The largest absolute Gasteiger partial charge is 0.480 e. The molecule has 0 spiro atoms. The second-order valence-electron chi connectivity index (χ2n) is 3.33. The average Bonchev–Trinajstić information content (AvgIpc) is 2.24. The Labute approximate surface area is 102 Å². The van der Waals surface area contributed by atoms with Crippen LogP contribution in [0.1, 0.15) is 0 Å². The normalized spacial score (nSPS) is 13.8. The van der Waals surface area contributed by atoms with Gasteiger partial charge in [0, 0.05) is 10.7 Å². The molecule has 92 valence electrons. The van der Waals surface area contributed by atoms with Gasteiger partial charge in [-0.05, 0) is 18.2 Å². The van der Waals surface area contributed by atoms with E-state index in [1.54, 1.807) is 18.2 Å². The maximum atomic E-state index is 10.9. The summed E-state index contributed by atoms with van der Waals surface area (Å²) >= 11 is 5.71. The van der Waals surface area contributed by atoms with E-state index in [0.717, 1.165) is 0 Å². The molecular weight excluding hydrogens is 248 g/mol. The predicted molar refractivity (Wildman–Crippen MR) is 62.1 cm³/mol. The van der Waals surface area contributed by atoms with Gasteiger partial charge in [-0.3, -0.25) is 4.79 Å². The summed E-state index contributed by atoms with van der Waals surface area (Å²) in [5.41, 5.74) is 5.66. The third-order valence-corrected chi connectivity index (χ3v) is 2.29. The average molecular weight is 259 g/mol. The highest BCUT2D eigenvalue weighted by Crippen LogP contribution is 2.16. The maximum Gasteiger partial charge on any atom is 0.328 e. The molecule has 2 atom stereocenters. The molecule has 1 aromatic rings. The first-order chi connectivity index (χ1) is 7.91. The molecule has 0 saturated carbocycles. The van der Waals surface area contributed by atoms with Crippen LogP contribution in [-0.4, -0.2) is 34.2 Å². The molecule has 0 aliphatic carbocycles. The molecule has 1 aromatic carbocycles. The second kappa shape index (κ2) is 5.51. The number of halogens is 1. The summed E-state index contributed by atoms with van der Waals surface area (Å²) in [7, 11) is 0. The summed E-state index contributed by atoms with van der Waals surface area (Å²) in [5.74, 6) is -2.74. The van der Waals surface area contributed by atoms with Crippen molar-refractivity contribution in [2.45, 2.75) is 12.1 Å². The number of nitrogens with one attached hydrogen (secondary N) is 1. The fourth-order valence-corrected chi connectivity index (χ4v) is 1.40. The topological polar surface area (TPSA) is 113 Å². The van der Waals surface area contributed by atoms with Crippen LogP contribution in [0.4, 0.5) is 5.69 Å². The van der Waals surface area contributed by atoms with Gasteiger partial charge in [0.15, 0.2) is 6.04 Å². The Morgan fingerprint density at radius 2 is 1.94 bits per heavy atom. The molecule has 0 radical (unpaired) electrons. The van der Waals surface area contributed by atoms with Crippen LogP contribution in [0.5, 0.6) is 0 Å². The lowest BCUT2D eigenvalue weighted by Gasteiger charge is -2.19. The van der Waals surface area contributed by atoms with Crippen LogP contribution in [-0.2, 0) is 9.59 Å². The van der Waals surface area contributed by atoms with Gasteiger partial charge in [0.25, 0.3) is 0 Å². The number of carbonyl (C=O) groups is 2. The van der Waals surface area contributed by atoms with Crippen LogP contribution in [0, 0.1) is 0 Å². The van der Waals surface area contributed by atoms with Gasteiger partial charge in [0.05, 0.1) is 0 Å². The first-order valence-electron chi connectivity index (χ1n) is 4.65. The lowest BCUT2D eigenvalue weighted by Crippen LogP contribution is -2.50. The molecule has 7 heteroatoms. The van der Waals surface area contributed by atoms with E-state index in [4.69, 9.17) is 27.5 Å². The van der Waals surface area contributed by atoms with Crippen molar-refractivity contribution >= 4 is 29.2 Å². The van der Waals surface area contributed by atoms with Crippen molar-refractivity contribution in [2.75, 3.05) is 5.32 Å². The summed E-state index contributed by atoms with van der Waals surface area (Å²) in [6.45, 7) is 0. The standard InChI is InChI=1S/C10H11ClN2O4/c11-5-2-1-3-6(4-5)13-8(10(16)17)7(12)9(14)15/h1-4,7-8,13H,12H2,(H,14,15)(H,16,17)/t7-,8?/m0/s1. The third kappa shape index (κ3) is 3.61. The van der Waals surface area contributed by atoms with Crippen LogP contribution >= 0.6 is 11.6 Å². The molecular formula is C10H11ClN2O4. The molecule has 0 aliphatic rings. The van der Waals surface area contributed by atoms with Crippen molar-refractivity contribution < 1.29 is 19.8 Å². The zero-order chi connectivity index (χ0) is 13.0. The molecule has 1 rings (SSSR count). The van der Waals surface area contributed by atoms with Gasteiger partial charge >= 0.3 is 11.9 Å². The van der Waals surface area contributed by atoms with Gasteiger partial charge in [0.1, 0.15) is 6.04 Å². The summed E-state index contributed by atoms with van der Waals surface area (Å²) in [4.78, 5) is 21.5. The molecule has 6 nitrogen and oxygen atoms in total. The summed E-state index contributed by atoms with van der Waals surface area (Å²) in [6.07, 6.45) is 0. The zero-order valence-corrected chi connectivity index (χ0v) is 9.39. The quantitative estimate of drug-likeness (QED) is 0.616. The zero-order valence-electron chi connectivity index (χ0n) is 8.63.